The summed E-state index contributed by atoms with van der Waals surface area (Å²) in [4.78, 5) is 14.1. The first-order valence-corrected chi connectivity index (χ1v) is 7.63. The van der Waals surface area contributed by atoms with Crippen LogP contribution in [0.2, 0.25) is 0 Å². The van der Waals surface area contributed by atoms with Crippen LogP contribution in [0.1, 0.15) is 37.3 Å². The first kappa shape index (κ1) is 14.7. The Hall–Kier alpha value is -1.21. The summed E-state index contributed by atoms with van der Waals surface area (Å²) < 4.78 is 0. The van der Waals surface area contributed by atoms with Crippen molar-refractivity contribution in [1.82, 2.24) is 10.1 Å². The third-order valence-electron chi connectivity index (χ3n) is 4.61. The van der Waals surface area contributed by atoms with Gasteiger partial charge in [-0.2, -0.15) is 0 Å². The molecule has 2 saturated heterocycles. The zero-order chi connectivity index (χ0) is 14.8. The van der Waals surface area contributed by atoms with Crippen LogP contribution in [0, 0.1) is 0 Å². The van der Waals surface area contributed by atoms with Gasteiger partial charge in [-0.1, -0.05) is 30.3 Å². The maximum atomic E-state index is 12.6. The molecule has 0 saturated carbocycles. The van der Waals surface area contributed by atoms with Gasteiger partial charge in [0.1, 0.15) is 0 Å². The van der Waals surface area contributed by atoms with Gasteiger partial charge < -0.3 is 15.4 Å². The van der Waals surface area contributed by atoms with Gasteiger partial charge in [0, 0.05) is 6.04 Å². The predicted molar refractivity (Wildman–Crippen MR) is 80.3 cm³/mol. The molecule has 2 fully saturated rings. The minimum atomic E-state index is -1.53. The quantitative estimate of drug-likeness (QED) is 0.703. The van der Waals surface area contributed by atoms with Crippen LogP contribution in [-0.4, -0.2) is 46.5 Å². The van der Waals surface area contributed by atoms with Gasteiger partial charge in [-0.15, -0.1) is 0 Å². The maximum Gasteiger partial charge on any atom is 0.552 e. The first-order valence-electron chi connectivity index (χ1n) is 7.63. The van der Waals surface area contributed by atoms with E-state index in [0.29, 0.717) is 13.0 Å². The summed E-state index contributed by atoms with van der Waals surface area (Å²) in [5, 5.41) is 22.1. The molecule has 2 aliphatic rings. The number of Topliss-reactive ketones (excluding diaryl/α,β-unsaturated/α-hetero) is 1. The van der Waals surface area contributed by atoms with Crippen molar-refractivity contribution in [2.45, 2.75) is 43.8 Å². The van der Waals surface area contributed by atoms with Gasteiger partial charge in [0.25, 0.3) is 0 Å². The minimum Gasteiger partial charge on any atom is -0.413 e. The van der Waals surface area contributed by atoms with Crippen LogP contribution >= 0.6 is 0 Å². The highest BCUT2D eigenvalue weighted by atomic mass is 16.4. The molecule has 0 aliphatic carbocycles. The lowest BCUT2D eigenvalue weighted by molar-refractivity contribution is -0.124. The van der Waals surface area contributed by atoms with E-state index in [1.165, 1.54) is 10.4 Å². The van der Waals surface area contributed by atoms with Gasteiger partial charge in [0.2, 0.25) is 0 Å². The van der Waals surface area contributed by atoms with E-state index in [1.807, 2.05) is 18.2 Å². The number of rotatable bonds is 4. The summed E-state index contributed by atoms with van der Waals surface area (Å²) in [6.45, 7) is 0.572. The Labute approximate surface area is 125 Å². The number of carbonyl (C=O) groups excluding carboxylic acids is 1. The van der Waals surface area contributed by atoms with Crippen LogP contribution in [-0.2, 0) is 4.79 Å². The van der Waals surface area contributed by atoms with E-state index in [9.17, 15) is 14.8 Å². The van der Waals surface area contributed by atoms with E-state index in [0.717, 1.165) is 19.3 Å². The highest BCUT2D eigenvalue weighted by molar-refractivity contribution is 6.38. The molecule has 0 radical (unpaired) electrons. The van der Waals surface area contributed by atoms with Crippen LogP contribution in [0.3, 0.4) is 0 Å². The maximum absolute atomic E-state index is 12.6. The second-order valence-electron chi connectivity index (χ2n) is 5.90. The average Bonchev–Trinajstić information content (AvgIpc) is 3.17. The molecule has 112 valence electrons. The zero-order valence-corrected chi connectivity index (χ0v) is 12.0. The number of carbonyl (C=O) groups is 1. The Morgan fingerprint density at radius 2 is 1.95 bits per heavy atom. The zero-order valence-electron chi connectivity index (χ0n) is 12.0. The standard InChI is InChI=1S/C15H21BN2O3/c19-15(14-7-4-10-18(14)16(20)21)13-9-8-12(17-13)11-5-2-1-3-6-11/h1-3,5-6,12-14,17,20-21H,4,7-10H2/t12-,13+,14-/m1/s1. The van der Waals surface area contributed by atoms with Crippen molar-refractivity contribution < 1.29 is 14.8 Å². The fraction of sp³-hybridized carbons (Fsp3) is 0.533. The van der Waals surface area contributed by atoms with Gasteiger partial charge in [0.05, 0.1) is 12.1 Å². The largest absolute Gasteiger partial charge is 0.552 e. The SMILES string of the molecule is O=C([C@@H]1CC[C@H](c2ccccc2)N1)[C@H]1CCCN1B(O)O. The Kier molecular flexibility index (Phi) is 4.40. The van der Waals surface area contributed by atoms with Gasteiger partial charge in [-0.25, -0.2) is 0 Å². The van der Waals surface area contributed by atoms with Crippen LogP contribution in [0.25, 0.3) is 0 Å². The Bertz CT molecular complexity index is 497. The second-order valence-corrected chi connectivity index (χ2v) is 5.90. The van der Waals surface area contributed by atoms with E-state index >= 15 is 0 Å². The third-order valence-corrected chi connectivity index (χ3v) is 4.61. The second kappa shape index (κ2) is 6.28. The monoisotopic (exact) mass is 288 g/mol. The van der Waals surface area contributed by atoms with Crippen LogP contribution < -0.4 is 5.32 Å². The third kappa shape index (κ3) is 3.03. The minimum absolute atomic E-state index is 0.0963. The highest BCUT2D eigenvalue weighted by Gasteiger charge is 2.41. The number of hydrogen-bond acceptors (Lipinski definition) is 5. The molecule has 3 rings (SSSR count). The van der Waals surface area contributed by atoms with Gasteiger partial charge in [0.15, 0.2) is 5.78 Å². The van der Waals surface area contributed by atoms with Crippen LogP contribution in [0.15, 0.2) is 30.3 Å². The molecule has 0 amide bonds. The van der Waals surface area contributed by atoms with Crippen molar-refractivity contribution in [1.29, 1.82) is 0 Å². The van der Waals surface area contributed by atoms with Crippen LogP contribution in [0.4, 0.5) is 0 Å². The smallest absolute Gasteiger partial charge is 0.413 e. The molecule has 21 heavy (non-hydrogen) atoms. The van der Waals surface area contributed by atoms with Crippen LogP contribution in [0.5, 0.6) is 0 Å². The number of nitrogens with one attached hydrogen (secondary N) is 1. The predicted octanol–water partition coefficient (Wildman–Crippen LogP) is 0.483. The Morgan fingerprint density at radius 3 is 2.67 bits per heavy atom. The molecule has 1 aromatic carbocycles. The molecule has 0 unspecified atom stereocenters. The van der Waals surface area contributed by atoms with Crippen molar-refractivity contribution in [3.05, 3.63) is 35.9 Å². The molecule has 1 aromatic rings. The molecule has 6 heteroatoms. The first-order chi connectivity index (χ1) is 10.2. The molecule has 0 aromatic heterocycles. The van der Waals surface area contributed by atoms with Crippen molar-refractivity contribution >= 4 is 13.0 Å². The highest BCUT2D eigenvalue weighted by Crippen LogP contribution is 2.29. The lowest BCUT2D eigenvalue weighted by atomic mass is 9.96. The molecule has 5 nitrogen and oxygen atoms in total. The van der Waals surface area contributed by atoms with Crippen molar-refractivity contribution in [2.24, 2.45) is 0 Å². The lowest BCUT2D eigenvalue weighted by Crippen LogP contribution is -2.51. The fourth-order valence-electron chi connectivity index (χ4n) is 3.52. The molecule has 0 bridgehead atoms. The van der Waals surface area contributed by atoms with E-state index in [-0.39, 0.29) is 23.9 Å². The lowest BCUT2D eigenvalue weighted by Gasteiger charge is -2.25. The molecule has 2 heterocycles. The van der Waals surface area contributed by atoms with Crippen molar-refractivity contribution in [3.8, 4) is 0 Å². The molecular formula is C15H21BN2O3. The summed E-state index contributed by atoms with van der Waals surface area (Å²) in [6, 6.07) is 9.82. The number of benzene rings is 1. The summed E-state index contributed by atoms with van der Waals surface area (Å²) >= 11 is 0. The summed E-state index contributed by atoms with van der Waals surface area (Å²) in [5.41, 5.74) is 1.21. The number of ketones is 1. The van der Waals surface area contributed by atoms with Crippen molar-refractivity contribution in [3.63, 3.8) is 0 Å². The van der Waals surface area contributed by atoms with Crippen molar-refractivity contribution in [2.75, 3.05) is 6.54 Å². The Morgan fingerprint density at radius 1 is 1.19 bits per heavy atom. The molecular weight excluding hydrogens is 267 g/mol. The molecule has 3 N–H and O–H groups in total. The van der Waals surface area contributed by atoms with E-state index in [2.05, 4.69) is 17.4 Å². The van der Waals surface area contributed by atoms with E-state index in [1.54, 1.807) is 0 Å². The van der Waals surface area contributed by atoms with E-state index in [4.69, 9.17) is 0 Å². The topological polar surface area (TPSA) is 72.8 Å². The molecule has 0 spiro atoms. The summed E-state index contributed by atoms with van der Waals surface area (Å²) in [6.07, 6.45) is 3.30. The Balaban J connectivity index is 1.65. The molecule has 3 atom stereocenters. The van der Waals surface area contributed by atoms with Gasteiger partial charge >= 0.3 is 7.25 Å². The number of nitrogens with zero attached hydrogens (tertiary/aromatic N) is 1. The van der Waals surface area contributed by atoms with Gasteiger partial charge in [-0.05, 0) is 37.8 Å². The normalized spacial score (nSPS) is 29.7. The number of hydrogen-bond donors (Lipinski definition) is 3. The fourth-order valence-corrected chi connectivity index (χ4v) is 3.52. The summed E-state index contributed by atoms with van der Waals surface area (Å²) in [7, 11) is -1.53. The van der Waals surface area contributed by atoms with Gasteiger partial charge in [-0.3, -0.25) is 9.61 Å². The summed E-state index contributed by atoms with van der Waals surface area (Å²) in [5.74, 6) is 0.0963. The van der Waals surface area contributed by atoms with E-state index < -0.39 is 7.25 Å². The average molecular weight is 288 g/mol. The molecule has 2 aliphatic heterocycles.